The number of rotatable bonds is 5. The summed E-state index contributed by atoms with van der Waals surface area (Å²) in [5.74, 6) is 0.851. The summed E-state index contributed by atoms with van der Waals surface area (Å²) < 4.78 is 5.57. The van der Waals surface area contributed by atoms with Crippen LogP contribution in [0.2, 0.25) is 0 Å². The van der Waals surface area contributed by atoms with Gasteiger partial charge in [-0.15, -0.1) is 0 Å². The number of hydrogen-bond donors (Lipinski definition) is 1. The van der Waals surface area contributed by atoms with E-state index in [4.69, 9.17) is 10.00 Å². The van der Waals surface area contributed by atoms with E-state index in [0.29, 0.717) is 13.0 Å². The van der Waals surface area contributed by atoms with Crippen molar-refractivity contribution >= 4 is 0 Å². The number of nitrogens with zero attached hydrogens (tertiary/aromatic N) is 1. The second-order valence-electron chi connectivity index (χ2n) is 3.92. The van der Waals surface area contributed by atoms with Crippen molar-refractivity contribution in [2.75, 3.05) is 6.61 Å². The van der Waals surface area contributed by atoms with Crippen LogP contribution in [-0.4, -0.2) is 17.8 Å². The third kappa shape index (κ3) is 3.92. The second-order valence-corrected chi connectivity index (χ2v) is 3.92. The Morgan fingerprint density at radius 2 is 2.19 bits per heavy atom. The fraction of sp³-hybridized carbons (Fsp3) is 0.462. The Kier molecular flexibility index (Phi) is 4.81. The Bertz CT molecular complexity index is 382. The van der Waals surface area contributed by atoms with Crippen LogP contribution in [0.15, 0.2) is 18.2 Å². The van der Waals surface area contributed by atoms with Gasteiger partial charge in [0, 0.05) is 6.42 Å². The molecule has 0 bridgehead atoms. The van der Waals surface area contributed by atoms with Gasteiger partial charge in [0.25, 0.3) is 0 Å². The second kappa shape index (κ2) is 6.14. The quantitative estimate of drug-likeness (QED) is 0.827. The lowest BCUT2D eigenvalue weighted by atomic mass is 10.1. The number of nitriles is 1. The molecule has 3 heteroatoms. The first-order valence-corrected chi connectivity index (χ1v) is 5.38. The van der Waals surface area contributed by atoms with E-state index in [1.165, 1.54) is 0 Å². The van der Waals surface area contributed by atoms with E-state index in [-0.39, 0.29) is 6.42 Å². The van der Waals surface area contributed by atoms with Gasteiger partial charge in [-0.3, -0.25) is 0 Å². The Balaban J connectivity index is 2.43. The van der Waals surface area contributed by atoms with Crippen molar-refractivity contribution in [2.45, 2.75) is 32.8 Å². The van der Waals surface area contributed by atoms with Crippen LogP contribution in [0.1, 0.15) is 24.0 Å². The van der Waals surface area contributed by atoms with Crippen molar-refractivity contribution in [3.05, 3.63) is 29.3 Å². The zero-order valence-corrected chi connectivity index (χ0v) is 9.73. The van der Waals surface area contributed by atoms with Gasteiger partial charge in [0.1, 0.15) is 5.75 Å². The molecule has 1 aromatic carbocycles. The van der Waals surface area contributed by atoms with Crippen LogP contribution in [0.5, 0.6) is 5.75 Å². The third-order valence-electron chi connectivity index (χ3n) is 2.38. The molecular weight excluding hydrogens is 202 g/mol. The van der Waals surface area contributed by atoms with E-state index in [9.17, 15) is 5.11 Å². The highest BCUT2D eigenvalue weighted by Gasteiger charge is 2.04. The summed E-state index contributed by atoms with van der Waals surface area (Å²) in [7, 11) is 0. The number of benzene rings is 1. The lowest BCUT2D eigenvalue weighted by Crippen LogP contribution is -2.11. The minimum absolute atomic E-state index is 0.163. The molecular formula is C13H17NO2. The minimum Gasteiger partial charge on any atom is -0.493 e. The molecule has 0 saturated heterocycles. The molecule has 0 aliphatic rings. The standard InChI is InChI=1S/C13H17NO2/c1-10-3-4-11(2)13(9-10)16-8-6-12(15)5-7-14/h3-4,9,12,15H,5-6,8H2,1-2H3. The van der Waals surface area contributed by atoms with Gasteiger partial charge in [-0.2, -0.15) is 5.26 Å². The molecule has 86 valence electrons. The number of ether oxygens (including phenoxy) is 1. The molecule has 1 N–H and O–H groups in total. The van der Waals surface area contributed by atoms with Crippen molar-refractivity contribution in [1.82, 2.24) is 0 Å². The zero-order chi connectivity index (χ0) is 12.0. The van der Waals surface area contributed by atoms with E-state index < -0.39 is 6.10 Å². The van der Waals surface area contributed by atoms with Crippen LogP contribution in [0.3, 0.4) is 0 Å². The smallest absolute Gasteiger partial charge is 0.122 e. The molecule has 0 amide bonds. The predicted molar refractivity (Wildman–Crippen MR) is 62.3 cm³/mol. The van der Waals surface area contributed by atoms with Crippen LogP contribution < -0.4 is 4.74 Å². The van der Waals surface area contributed by atoms with Crippen molar-refractivity contribution < 1.29 is 9.84 Å². The Labute approximate surface area is 96.3 Å². The van der Waals surface area contributed by atoms with Gasteiger partial charge in [-0.1, -0.05) is 12.1 Å². The van der Waals surface area contributed by atoms with Crippen molar-refractivity contribution in [2.24, 2.45) is 0 Å². The van der Waals surface area contributed by atoms with Gasteiger partial charge in [0.2, 0.25) is 0 Å². The maximum Gasteiger partial charge on any atom is 0.122 e. The topological polar surface area (TPSA) is 53.2 Å². The van der Waals surface area contributed by atoms with Gasteiger partial charge in [0.05, 0.1) is 25.2 Å². The van der Waals surface area contributed by atoms with Crippen molar-refractivity contribution in [1.29, 1.82) is 5.26 Å². The summed E-state index contributed by atoms with van der Waals surface area (Å²) in [6.45, 7) is 4.43. The van der Waals surface area contributed by atoms with Gasteiger partial charge in [0.15, 0.2) is 0 Å². The highest BCUT2D eigenvalue weighted by Crippen LogP contribution is 2.19. The molecule has 1 unspecified atom stereocenters. The van der Waals surface area contributed by atoms with Crippen LogP contribution in [-0.2, 0) is 0 Å². The number of aryl methyl sites for hydroxylation is 2. The highest BCUT2D eigenvalue weighted by molar-refractivity contribution is 5.35. The minimum atomic E-state index is -0.588. The molecule has 0 spiro atoms. The van der Waals surface area contributed by atoms with E-state index in [0.717, 1.165) is 16.9 Å². The zero-order valence-electron chi connectivity index (χ0n) is 9.73. The predicted octanol–water partition coefficient (Wildman–Crippen LogP) is 2.35. The summed E-state index contributed by atoms with van der Waals surface area (Å²) in [6.07, 6.45) is 0.0620. The summed E-state index contributed by atoms with van der Waals surface area (Å²) in [5, 5.41) is 17.7. The van der Waals surface area contributed by atoms with E-state index >= 15 is 0 Å². The van der Waals surface area contributed by atoms with E-state index in [1.807, 2.05) is 38.1 Å². The van der Waals surface area contributed by atoms with Crippen LogP contribution >= 0.6 is 0 Å². The van der Waals surface area contributed by atoms with Crippen LogP contribution in [0, 0.1) is 25.2 Å². The molecule has 0 heterocycles. The molecule has 0 aromatic heterocycles. The normalized spacial score (nSPS) is 11.9. The fourth-order valence-electron chi connectivity index (χ4n) is 1.38. The Morgan fingerprint density at radius 3 is 2.88 bits per heavy atom. The van der Waals surface area contributed by atoms with E-state index in [1.54, 1.807) is 0 Å². The fourth-order valence-corrected chi connectivity index (χ4v) is 1.38. The van der Waals surface area contributed by atoms with Crippen molar-refractivity contribution in [3.63, 3.8) is 0 Å². The monoisotopic (exact) mass is 219 g/mol. The first-order valence-electron chi connectivity index (χ1n) is 5.38. The summed E-state index contributed by atoms with van der Waals surface area (Å²) in [5.41, 5.74) is 2.23. The van der Waals surface area contributed by atoms with Gasteiger partial charge >= 0.3 is 0 Å². The maximum absolute atomic E-state index is 9.35. The first-order chi connectivity index (χ1) is 7.63. The van der Waals surface area contributed by atoms with Gasteiger partial charge in [-0.25, -0.2) is 0 Å². The molecule has 0 radical (unpaired) electrons. The van der Waals surface area contributed by atoms with Crippen LogP contribution in [0.4, 0.5) is 0 Å². The van der Waals surface area contributed by atoms with Gasteiger partial charge in [-0.05, 0) is 31.0 Å². The lowest BCUT2D eigenvalue weighted by molar-refractivity contribution is 0.143. The number of hydrogen-bond acceptors (Lipinski definition) is 3. The Morgan fingerprint density at radius 1 is 1.44 bits per heavy atom. The number of aliphatic hydroxyl groups is 1. The third-order valence-corrected chi connectivity index (χ3v) is 2.38. The molecule has 0 fully saturated rings. The largest absolute Gasteiger partial charge is 0.493 e. The summed E-state index contributed by atoms with van der Waals surface area (Å²) in [6, 6.07) is 7.95. The molecule has 16 heavy (non-hydrogen) atoms. The average Bonchev–Trinajstić information content (AvgIpc) is 2.23. The van der Waals surface area contributed by atoms with Crippen molar-refractivity contribution in [3.8, 4) is 11.8 Å². The molecule has 3 nitrogen and oxygen atoms in total. The number of aliphatic hydroxyl groups excluding tert-OH is 1. The molecule has 1 rings (SSSR count). The summed E-state index contributed by atoms with van der Waals surface area (Å²) >= 11 is 0. The molecule has 1 aromatic rings. The molecule has 0 aliphatic carbocycles. The molecule has 1 atom stereocenters. The maximum atomic E-state index is 9.35. The van der Waals surface area contributed by atoms with E-state index in [2.05, 4.69) is 0 Å². The Hall–Kier alpha value is -1.53. The van der Waals surface area contributed by atoms with Gasteiger partial charge < -0.3 is 9.84 Å². The highest BCUT2D eigenvalue weighted by atomic mass is 16.5. The molecule has 0 aliphatic heterocycles. The average molecular weight is 219 g/mol. The van der Waals surface area contributed by atoms with Crippen LogP contribution in [0.25, 0.3) is 0 Å². The SMILES string of the molecule is Cc1ccc(C)c(OCCC(O)CC#N)c1. The lowest BCUT2D eigenvalue weighted by Gasteiger charge is -2.11. The molecule has 0 saturated carbocycles. The first kappa shape index (κ1) is 12.5. The summed E-state index contributed by atoms with van der Waals surface area (Å²) in [4.78, 5) is 0.